The zero-order valence-corrected chi connectivity index (χ0v) is 7.62. The Morgan fingerprint density at radius 1 is 1.31 bits per heavy atom. The Hall–Kier alpha value is -1.42. The highest BCUT2D eigenvalue weighted by atomic mass is 35.5. The molecule has 2 heterocycles. The quantitative estimate of drug-likeness (QED) is 0.654. The summed E-state index contributed by atoms with van der Waals surface area (Å²) in [6, 6.07) is 1.63. The smallest absolute Gasteiger partial charge is 0.191 e. The van der Waals surface area contributed by atoms with Crippen molar-refractivity contribution in [2.75, 3.05) is 0 Å². The average Bonchev–Trinajstić information content (AvgIpc) is 2.52. The van der Waals surface area contributed by atoms with Crippen molar-refractivity contribution in [2.24, 2.45) is 0 Å². The zero-order valence-electron chi connectivity index (χ0n) is 6.86. The third kappa shape index (κ3) is 1.67. The van der Waals surface area contributed by atoms with Gasteiger partial charge in [-0.1, -0.05) is 11.6 Å². The summed E-state index contributed by atoms with van der Waals surface area (Å²) >= 11 is 5.69. The van der Waals surface area contributed by atoms with Crippen molar-refractivity contribution in [3.05, 3.63) is 29.6 Å². The molecule has 0 saturated heterocycles. The number of halogens is 1. The molecule has 0 spiro atoms. The van der Waals surface area contributed by atoms with E-state index in [4.69, 9.17) is 16.0 Å². The van der Waals surface area contributed by atoms with Crippen LogP contribution in [0.15, 0.2) is 23.0 Å². The Morgan fingerprint density at radius 3 is 2.77 bits per heavy atom. The van der Waals surface area contributed by atoms with Gasteiger partial charge < -0.3 is 4.42 Å². The molecule has 2 aromatic heterocycles. The van der Waals surface area contributed by atoms with Gasteiger partial charge >= 0.3 is 0 Å². The predicted octanol–water partition coefficient (Wildman–Crippen LogP) is 2.09. The zero-order chi connectivity index (χ0) is 9.26. The molecular formula is C8H6ClN3O. The second-order valence-electron chi connectivity index (χ2n) is 2.47. The van der Waals surface area contributed by atoms with Crippen LogP contribution in [0.25, 0.3) is 11.5 Å². The Bertz CT molecular complexity index is 427. The fraction of sp³-hybridized carbons (Fsp3) is 0.125. The molecule has 2 rings (SSSR count). The molecule has 0 aromatic carbocycles. The maximum Gasteiger partial charge on any atom is 0.191 e. The third-order valence-electron chi connectivity index (χ3n) is 1.51. The predicted molar refractivity (Wildman–Crippen MR) is 47.3 cm³/mol. The summed E-state index contributed by atoms with van der Waals surface area (Å²) in [5, 5.41) is 0.388. The molecule has 0 aliphatic heterocycles. The number of oxazole rings is 1. The summed E-state index contributed by atoms with van der Waals surface area (Å²) in [6.45, 7) is 1.77. The van der Waals surface area contributed by atoms with E-state index in [2.05, 4.69) is 15.0 Å². The molecule has 13 heavy (non-hydrogen) atoms. The lowest BCUT2D eigenvalue weighted by Gasteiger charge is -1.93. The fourth-order valence-electron chi connectivity index (χ4n) is 0.948. The minimum atomic E-state index is 0.388. The molecule has 0 bridgehead atoms. The molecule has 0 aliphatic rings. The number of hydrogen-bond acceptors (Lipinski definition) is 4. The van der Waals surface area contributed by atoms with Crippen molar-refractivity contribution >= 4 is 11.6 Å². The van der Waals surface area contributed by atoms with E-state index in [-0.39, 0.29) is 0 Å². The lowest BCUT2D eigenvalue weighted by molar-refractivity contribution is 0.532. The summed E-state index contributed by atoms with van der Waals surface area (Å²) < 4.78 is 5.26. The topological polar surface area (TPSA) is 51.8 Å². The first-order valence-electron chi connectivity index (χ1n) is 3.66. The van der Waals surface area contributed by atoms with E-state index in [1.807, 2.05) is 0 Å². The van der Waals surface area contributed by atoms with Crippen LogP contribution in [0.2, 0.25) is 5.15 Å². The van der Waals surface area contributed by atoms with Crippen LogP contribution >= 0.6 is 11.6 Å². The first kappa shape index (κ1) is 8.19. The molecule has 4 nitrogen and oxygen atoms in total. The summed E-state index contributed by atoms with van der Waals surface area (Å²) in [6.07, 6.45) is 2.99. The number of rotatable bonds is 1. The van der Waals surface area contributed by atoms with Gasteiger partial charge in [-0.25, -0.2) is 15.0 Å². The van der Waals surface area contributed by atoms with Crippen molar-refractivity contribution in [3.8, 4) is 11.5 Å². The molecule has 0 atom stereocenters. The SMILES string of the molecule is Cc1ncc(-c2cc(Cl)ncn2)o1. The first-order chi connectivity index (χ1) is 6.25. The van der Waals surface area contributed by atoms with Gasteiger partial charge in [0.25, 0.3) is 0 Å². The Labute approximate surface area is 79.6 Å². The second-order valence-corrected chi connectivity index (χ2v) is 2.86. The van der Waals surface area contributed by atoms with Crippen LogP contribution in [-0.2, 0) is 0 Å². The van der Waals surface area contributed by atoms with Crippen molar-refractivity contribution in [3.63, 3.8) is 0 Å². The van der Waals surface area contributed by atoms with E-state index < -0.39 is 0 Å². The Balaban J connectivity index is 2.46. The molecule has 0 radical (unpaired) electrons. The maximum atomic E-state index is 5.69. The number of aromatic nitrogens is 3. The first-order valence-corrected chi connectivity index (χ1v) is 4.04. The molecule has 0 unspecified atom stereocenters. The lowest BCUT2D eigenvalue weighted by atomic mass is 10.3. The fourth-order valence-corrected chi connectivity index (χ4v) is 1.10. The van der Waals surface area contributed by atoms with Crippen molar-refractivity contribution in [1.82, 2.24) is 15.0 Å². The molecule has 0 saturated carbocycles. The van der Waals surface area contributed by atoms with E-state index >= 15 is 0 Å². The number of aryl methyl sites for hydroxylation is 1. The summed E-state index contributed by atoms with van der Waals surface area (Å²) in [7, 11) is 0. The Morgan fingerprint density at radius 2 is 2.15 bits per heavy atom. The van der Waals surface area contributed by atoms with E-state index in [0.717, 1.165) is 0 Å². The molecule has 0 aliphatic carbocycles. The van der Waals surface area contributed by atoms with E-state index in [0.29, 0.717) is 22.5 Å². The second kappa shape index (κ2) is 3.14. The van der Waals surface area contributed by atoms with Crippen LogP contribution < -0.4 is 0 Å². The third-order valence-corrected chi connectivity index (χ3v) is 1.71. The molecule has 0 amide bonds. The van der Waals surface area contributed by atoms with Crippen LogP contribution in [-0.4, -0.2) is 15.0 Å². The standard InChI is InChI=1S/C8H6ClN3O/c1-5-10-3-7(13-5)6-2-8(9)12-4-11-6/h2-4H,1H3. The highest BCUT2D eigenvalue weighted by molar-refractivity contribution is 6.29. The van der Waals surface area contributed by atoms with E-state index in [9.17, 15) is 0 Å². The molecule has 66 valence electrons. The summed E-state index contributed by atoms with van der Waals surface area (Å²) in [5.41, 5.74) is 0.639. The van der Waals surface area contributed by atoms with Gasteiger partial charge in [0.1, 0.15) is 17.2 Å². The normalized spacial score (nSPS) is 10.3. The van der Waals surface area contributed by atoms with Crippen LogP contribution in [0, 0.1) is 6.92 Å². The molecular weight excluding hydrogens is 190 g/mol. The van der Waals surface area contributed by atoms with E-state index in [1.54, 1.807) is 19.2 Å². The largest absolute Gasteiger partial charge is 0.439 e. The maximum absolute atomic E-state index is 5.69. The highest BCUT2D eigenvalue weighted by Gasteiger charge is 2.05. The highest BCUT2D eigenvalue weighted by Crippen LogP contribution is 2.18. The van der Waals surface area contributed by atoms with Crippen LogP contribution in [0.1, 0.15) is 5.89 Å². The van der Waals surface area contributed by atoms with Gasteiger partial charge in [0.15, 0.2) is 11.7 Å². The van der Waals surface area contributed by atoms with Crippen molar-refractivity contribution < 1.29 is 4.42 Å². The van der Waals surface area contributed by atoms with Crippen LogP contribution in [0.4, 0.5) is 0 Å². The van der Waals surface area contributed by atoms with Gasteiger partial charge in [-0.3, -0.25) is 0 Å². The van der Waals surface area contributed by atoms with Crippen LogP contribution in [0.3, 0.4) is 0 Å². The van der Waals surface area contributed by atoms with Gasteiger partial charge in [0.05, 0.1) is 6.20 Å². The van der Waals surface area contributed by atoms with Crippen molar-refractivity contribution in [1.29, 1.82) is 0 Å². The number of nitrogens with zero attached hydrogens (tertiary/aromatic N) is 3. The number of hydrogen-bond donors (Lipinski definition) is 0. The minimum Gasteiger partial charge on any atom is -0.439 e. The van der Waals surface area contributed by atoms with Gasteiger partial charge in [0, 0.05) is 13.0 Å². The Kier molecular flexibility index (Phi) is 1.98. The molecule has 0 N–H and O–H groups in total. The molecule has 0 fully saturated rings. The monoisotopic (exact) mass is 195 g/mol. The minimum absolute atomic E-state index is 0.388. The summed E-state index contributed by atoms with van der Waals surface area (Å²) in [4.78, 5) is 11.7. The molecule has 2 aromatic rings. The van der Waals surface area contributed by atoms with Gasteiger partial charge in [-0.15, -0.1) is 0 Å². The van der Waals surface area contributed by atoms with Gasteiger partial charge in [-0.2, -0.15) is 0 Å². The van der Waals surface area contributed by atoms with Gasteiger partial charge in [-0.05, 0) is 0 Å². The lowest BCUT2D eigenvalue weighted by Crippen LogP contribution is -1.82. The van der Waals surface area contributed by atoms with Crippen LogP contribution in [0.5, 0.6) is 0 Å². The van der Waals surface area contributed by atoms with Gasteiger partial charge in [0.2, 0.25) is 0 Å². The molecule has 5 heteroatoms. The average molecular weight is 196 g/mol. The van der Waals surface area contributed by atoms with Crippen molar-refractivity contribution in [2.45, 2.75) is 6.92 Å². The van der Waals surface area contributed by atoms with E-state index in [1.165, 1.54) is 6.33 Å². The summed E-state index contributed by atoms with van der Waals surface area (Å²) in [5.74, 6) is 1.20.